The van der Waals surface area contributed by atoms with Crippen LogP contribution in [0.2, 0.25) is 0 Å². The highest BCUT2D eigenvalue weighted by Gasteiger charge is 2.14. The fourth-order valence-electron chi connectivity index (χ4n) is 1.59. The predicted molar refractivity (Wildman–Crippen MR) is 67.2 cm³/mol. The zero-order valence-electron chi connectivity index (χ0n) is 10.4. The van der Waals surface area contributed by atoms with Crippen LogP contribution in [-0.4, -0.2) is 20.8 Å². The van der Waals surface area contributed by atoms with Gasteiger partial charge in [0.15, 0.2) is 0 Å². The molecule has 0 aliphatic heterocycles. The van der Waals surface area contributed by atoms with E-state index >= 15 is 0 Å². The minimum Gasteiger partial charge on any atom is -0.496 e. The van der Waals surface area contributed by atoms with Gasteiger partial charge in [-0.25, -0.2) is 4.39 Å². The zero-order valence-corrected chi connectivity index (χ0v) is 10.4. The molecule has 4 heteroatoms. The predicted octanol–water partition coefficient (Wildman–Crippen LogP) is 2.71. The Kier molecular flexibility index (Phi) is 4.97. The summed E-state index contributed by atoms with van der Waals surface area (Å²) >= 11 is 0. The van der Waals surface area contributed by atoms with Gasteiger partial charge >= 0.3 is 0 Å². The van der Waals surface area contributed by atoms with Gasteiger partial charge in [0.1, 0.15) is 17.7 Å². The van der Waals surface area contributed by atoms with E-state index in [1.54, 1.807) is 25.3 Å². The number of benzene rings is 1. The molecule has 1 atom stereocenters. The second-order valence-corrected chi connectivity index (χ2v) is 3.59. The van der Waals surface area contributed by atoms with Crippen LogP contribution in [0.25, 0.3) is 6.08 Å². The molecule has 0 aliphatic rings. The smallest absolute Gasteiger partial charge is 0.129 e. The van der Waals surface area contributed by atoms with Crippen molar-refractivity contribution in [3.63, 3.8) is 0 Å². The lowest BCUT2D eigenvalue weighted by Gasteiger charge is -2.13. The number of rotatable bonds is 5. The van der Waals surface area contributed by atoms with Crippen LogP contribution in [0.3, 0.4) is 0 Å². The molecule has 0 heterocycles. The van der Waals surface area contributed by atoms with E-state index < -0.39 is 6.17 Å². The summed E-state index contributed by atoms with van der Waals surface area (Å²) < 4.78 is 23.8. The lowest BCUT2D eigenvalue weighted by atomic mass is 10.0. The van der Waals surface area contributed by atoms with E-state index in [2.05, 4.69) is 0 Å². The number of ether oxygens (including phenoxy) is 2. The molecule has 0 saturated heterocycles. The zero-order chi connectivity index (χ0) is 12.8. The molecule has 0 aliphatic carbocycles. The molecule has 1 rings (SSSR count). The van der Waals surface area contributed by atoms with Crippen LogP contribution in [0.1, 0.15) is 24.2 Å². The van der Waals surface area contributed by atoms with Crippen LogP contribution in [0.4, 0.5) is 4.39 Å². The van der Waals surface area contributed by atoms with Crippen molar-refractivity contribution in [3.05, 3.63) is 29.3 Å². The second-order valence-electron chi connectivity index (χ2n) is 3.59. The molecule has 3 nitrogen and oxygen atoms in total. The summed E-state index contributed by atoms with van der Waals surface area (Å²) in [5.74, 6) is 1.12. The quantitative estimate of drug-likeness (QED) is 0.859. The number of hydrogen-bond acceptors (Lipinski definition) is 3. The molecule has 1 aromatic carbocycles. The van der Waals surface area contributed by atoms with Gasteiger partial charge in [-0.3, -0.25) is 0 Å². The number of alkyl halides is 1. The molecule has 2 N–H and O–H groups in total. The van der Waals surface area contributed by atoms with Gasteiger partial charge in [-0.2, -0.15) is 0 Å². The van der Waals surface area contributed by atoms with Gasteiger partial charge in [-0.1, -0.05) is 12.2 Å². The third-order valence-electron chi connectivity index (χ3n) is 2.44. The number of halogens is 1. The summed E-state index contributed by atoms with van der Waals surface area (Å²) in [6, 6.07) is 3.40. The van der Waals surface area contributed by atoms with Crippen molar-refractivity contribution < 1.29 is 13.9 Å². The van der Waals surface area contributed by atoms with Crippen LogP contribution < -0.4 is 15.2 Å². The summed E-state index contributed by atoms with van der Waals surface area (Å²) in [6.07, 6.45) is 2.50. The molecule has 0 spiro atoms. The normalized spacial score (nSPS) is 12.8. The maximum absolute atomic E-state index is 13.4. The van der Waals surface area contributed by atoms with E-state index in [1.807, 2.05) is 6.08 Å². The molecule has 94 valence electrons. The minimum atomic E-state index is -1.10. The monoisotopic (exact) mass is 239 g/mol. The Hall–Kier alpha value is -1.55. The van der Waals surface area contributed by atoms with Gasteiger partial charge in [0.05, 0.1) is 14.2 Å². The van der Waals surface area contributed by atoms with Crippen LogP contribution >= 0.6 is 0 Å². The van der Waals surface area contributed by atoms with Crippen LogP contribution in [0, 0.1) is 0 Å². The summed E-state index contributed by atoms with van der Waals surface area (Å²) in [5.41, 5.74) is 6.69. The van der Waals surface area contributed by atoms with E-state index in [0.29, 0.717) is 23.6 Å². The Bertz CT molecular complexity index is 403. The first-order chi connectivity index (χ1) is 8.13. The lowest BCUT2D eigenvalue weighted by molar-refractivity contribution is 0.343. The maximum Gasteiger partial charge on any atom is 0.129 e. The van der Waals surface area contributed by atoms with E-state index in [9.17, 15) is 4.39 Å². The van der Waals surface area contributed by atoms with Crippen molar-refractivity contribution in [2.45, 2.75) is 13.1 Å². The van der Waals surface area contributed by atoms with Crippen molar-refractivity contribution in [3.8, 4) is 11.5 Å². The highest BCUT2D eigenvalue weighted by atomic mass is 19.1. The Morgan fingerprint density at radius 1 is 1.29 bits per heavy atom. The van der Waals surface area contributed by atoms with Gasteiger partial charge in [-0.15, -0.1) is 0 Å². The highest BCUT2D eigenvalue weighted by molar-refractivity contribution is 5.62. The fraction of sp³-hybridized carbons (Fsp3) is 0.385. The van der Waals surface area contributed by atoms with E-state index in [4.69, 9.17) is 15.2 Å². The Balaban J connectivity index is 3.28. The molecule has 0 fully saturated rings. The molecule has 0 bridgehead atoms. The average molecular weight is 239 g/mol. The molecule has 17 heavy (non-hydrogen) atoms. The molecule has 0 aromatic heterocycles. The number of methoxy groups -OCH3 is 2. The van der Waals surface area contributed by atoms with Crippen LogP contribution in [-0.2, 0) is 0 Å². The van der Waals surface area contributed by atoms with Crippen molar-refractivity contribution >= 4 is 6.08 Å². The molecule has 0 amide bonds. The summed E-state index contributed by atoms with van der Waals surface area (Å²) in [6.45, 7) is 1.90. The van der Waals surface area contributed by atoms with Gasteiger partial charge in [-0.05, 0) is 13.0 Å². The first kappa shape index (κ1) is 13.5. The topological polar surface area (TPSA) is 44.5 Å². The number of nitrogens with two attached hydrogens (primary N) is 1. The molecule has 1 unspecified atom stereocenters. The first-order valence-corrected chi connectivity index (χ1v) is 5.40. The molecule has 0 saturated carbocycles. The Morgan fingerprint density at radius 2 is 1.94 bits per heavy atom. The van der Waals surface area contributed by atoms with E-state index in [-0.39, 0.29) is 0 Å². The maximum atomic E-state index is 13.4. The van der Waals surface area contributed by atoms with Crippen molar-refractivity contribution in [2.75, 3.05) is 20.8 Å². The average Bonchev–Trinajstić information content (AvgIpc) is 2.34. The fourth-order valence-corrected chi connectivity index (χ4v) is 1.59. The van der Waals surface area contributed by atoms with Crippen LogP contribution in [0.15, 0.2) is 18.2 Å². The summed E-state index contributed by atoms with van der Waals surface area (Å²) in [7, 11) is 3.07. The Morgan fingerprint density at radius 3 is 2.41 bits per heavy atom. The first-order valence-electron chi connectivity index (χ1n) is 5.40. The van der Waals surface area contributed by atoms with Gasteiger partial charge < -0.3 is 15.2 Å². The van der Waals surface area contributed by atoms with E-state index in [0.717, 1.165) is 5.56 Å². The Labute approximate surface area is 101 Å². The molecule has 0 radical (unpaired) electrons. The summed E-state index contributed by atoms with van der Waals surface area (Å²) in [5, 5.41) is 0. The van der Waals surface area contributed by atoms with Crippen LogP contribution in [0.5, 0.6) is 11.5 Å². The SMILES string of the molecule is COc1cc(OC)c(C(C)F)cc1/C=C/CN. The van der Waals surface area contributed by atoms with Crippen molar-refractivity contribution in [1.82, 2.24) is 0 Å². The van der Waals surface area contributed by atoms with Gasteiger partial charge in [0.2, 0.25) is 0 Å². The van der Waals surface area contributed by atoms with Gasteiger partial charge in [0, 0.05) is 23.7 Å². The standard InChI is InChI=1S/C13H18FNO2/c1-9(14)11-7-10(5-4-6-15)12(16-2)8-13(11)17-3/h4-5,7-9H,6,15H2,1-3H3/b5-4+. The number of hydrogen-bond donors (Lipinski definition) is 1. The molecule has 1 aromatic rings. The van der Waals surface area contributed by atoms with E-state index in [1.165, 1.54) is 14.0 Å². The summed E-state index contributed by atoms with van der Waals surface area (Å²) in [4.78, 5) is 0. The van der Waals surface area contributed by atoms with Crippen molar-refractivity contribution in [2.24, 2.45) is 5.73 Å². The van der Waals surface area contributed by atoms with Crippen molar-refractivity contribution in [1.29, 1.82) is 0 Å². The minimum absolute atomic E-state index is 0.426. The second kappa shape index (κ2) is 6.25. The lowest BCUT2D eigenvalue weighted by Crippen LogP contribution is -1.98. The third-order valence-corrected chi connectivity index (χ3v) is 2.44. The van der Waals surface area contributed by atoms with Gasteiger partial charge in [0.25, 0.3) is 0 Å². The molecular formula is C13H18FNO2. The largest absolute Gasteiger partial charge is 0.496 e. The highest BCUT2D eigenvalue weighted by Crippen LogP contribution is 2.34. The molecular weight excluding hydrogens is 221 g/mol. The third kappa shape index (κ3) is 3.20.